The molecule has 0 spiro atoms. The molecule has 0 bridgehead atoms. The summed E-state index contributed by atoms with van der Waals surface area (Å²) in [5, 5.41) is 0.752. The number of halogens is 1. The number of benzene rings is 2. The number of carbonyl (C=O) groups is 1. The van der Waals surface area contributed by atoms with Crippen LogP contribution < -0.4 is 0 Å². The molecule has 0 aliphatic heterocycles. The Morgan fingerprint density at radius 1 is 1.11 bits per heavy atom. The summed E-state index contributed by atoms with van der Waals surface area (Å²) in [5.74, 6) is 0.0286. The van der Waals surface area contributed by atoms with Gasteiger partial charge in [0, 0.05) is 25.7 Å². The highest BCUT2D eigenvalue weighted by atomic mass is 32.2. The van der Waals surface area contributed by atoms with Gasteiger partial charge in [-0.05, 0) is 30.2 Å². The summed E-state index contributed by atoms with van der Waals surface area (Å²) in [6.45, 7) is 2.45. The van der Waals surface area contributed by atoms with Crippen molar-refractivity contribution in [2.24, 2.45) is 0 Å². The van der Waals surface area contributed by atoms with Gasteiger partial charge in [0.15, 0.2) is 5.16 Å². The lowest BCUT2D eigenvalue weighted by atomic mass is 10.1. The molecule has 27 heavy (non-hydrogen) atoms. The number of imidazole rings is 1. The van der Waals surface area contributed by atoms with E-state index in [2.05, 4.69) is 22.1 Å². The minimum absolute atomic E-state index is 0.00277. The van der Waals surface area contributed by atoms with Gasteiger partial charge in [-0.25, -0.2) is 9.37 Å². The molecular weight excluding hydrogens is 361 g/mol. The summed E-state index contributed by atoms with van der Waals surface area (Å²) in [7, 11) is 1.75. The Bertz CT molecular complexity index is 894. The number of hydrogen-bond acceptors (Lipinski definition) is 3. The first-order valence-electron chi connectivity index (χ1n) is 8.72. The molecule has 3 aromatic rings. The molecule has 0 aliphatic carbocycles. The molecule has 0 aliphatic rings. The molecule has 0 unspecified atom stereocenters. The van der Waals surface area contributed by atoms with E-state index in [0.29, 0.717) is 12.3 Å². The molecule has 140 valence electrons. The Morgan fingerprint density at radius 3 is 2.52 bits per heavy atom. The van der Waals surface area contributed by atoms with Gasteiger partial charge < -0.3 is 9.88 Å². The number of aromatic amines is 1. The molecule has 0 saturated carbocycles. The number of thioether (sulfide) groups is 1. The number of nitrogens with one attached hydrogen (secondary N) is 1. The number of hydrogen-bond donors (Lipinski definition) is 1. The van der Waals surface area contributed by atoms with Crippen molar-refractivity contribution in [3.05, 3.63) is 82.9 Å². The van der Waals surface area contributed by atoms with Crippen molar-refractivity contribution in [2.75, 3.05) is 12.8 Å². The van der Waals surface area contributed by atoms with E-state index in [9.17, 15) is 9.18 Å². The predicted molar refractivity (Wildman–Crippen MR) is 106 cm³/mol. The van der Waals surface area contributed by atoms with Crippen molar-refractivity contribution in [3.63, 3.8) is 0 Å². The van der Waals surface area contributed by atoms with E-state index < -0.39 is 0 Å². The lowest BCUT2D eigenvalue weighted by Crippen LogP contribution is -2.27. The average molecular weight is 383 g/mol. The Hall–Kier alpha value is -2.60. The third-order valence-corrected chi connectivity index (χ3v) is 5.13. The first kappa shape index (κ1) is 19.2. The van der Waals surface area contributed by atoms with Crippen LogP contribution >= 0.6 is 11.8 Å². The van der Waals surface area contributed by atoms with Crippen molar-refractivity contribution in [1.82, 2.24) is 14.9 Å². The number of H-pyrrole nitrogens is 1. The molecule has 2 aromatic carbocycles. The topological polar surface area (TPSA) is 49.0 Å². The molecule has 0 saturated heterocycles. The molecule has 1 N–H and O–H groups in total. The second-order valence-corrected chi connectivity index (χ2v) is 7.41. The maximum absolute atomic E-state index is 13.0. The van der Waals surface area contributed by atoms with E-state index in [0.717, 1.165) is 28.5 Å². The fourth-order valence-electron chi connectivity index (χ4n) is 2.69. The lowest BCUT2D eigenvalue weighted by molar-refractivity contribution is -0.127. The monoisotopic (exact) mass is 383 g/mol. The molecule has 1 aromatic heterocycles. The summed E-state index contributed by atoms with van der Waals surface area (Å²) < 4.78 is 13.0. The number of rotatable bonds is 7. The summed E-state index contributed by atoms with van der Waals surface area (Å²) in [6, 6.07) is 16.4. The highest BCUT2D eigenvalue weighted by Crippen LogP contribution is 2.19. The number of amides is 1. The smallest absolute Gasteiger partial charge is 0.233 e. The highest BCUT2D eigenvalue weighted by Gasteiger charge is 2.13. The van der Waals surface area contributed by atoms with Crippen molar-refractivity contribution >= 4 is 17.7 Å². The molecule has 6 heteroatoms. The van der Waals surface area contributed by atoms with Crippen molar-refractivity contribution in [1.29, 1.82) is 0 Å². The van der Waals surface area contributed by atoms with E-state index in [-0.39, 0.29) is 11.7 Å². The van der Waals surface area contributed by atoms with Crippen LogP contribution in [-0.2, 0) is 17.8 Å². The van der Waals surface area contributed by atoms with Gasteiger partial charge in [0.2, 0.25) is 5.91 Å². The van der Waals surface area contributed by atoms with Crippen LogP contribution in [0.5, 0.6) is 0 Å². The molecular formula is C21H22FN3OS. The summed E-state index contributed by atoms with van der Waals surface area (Å²) >= 11 is 1.40. The second kappa shape index (κ2) is 8.86. The quantitative estimate of drug-likeness (QED) is 0.622. The van der Waals surface area contributed by atoms with Crippen molar-refractivity contribution < 1.29 is 9.18 Å². The molecule has 3 rings (SSSR count). The molecule has 1 heterocycles. The number of carbonyl (C=O) groups excluding carboxylic acids is 1. The molecule has 0 radical (unpaired) electrons. The maximum atomic E-state index is 13.0. The number of aryl methyl sites for hydroxylation is 1. The van der Waals surface area contributed by atoms with Crippen molar-refractivity contribution in [2.45, 2.75) is 25.0 Å². The Kier molecular flexibility index (Phi) is 6.29. The first-order chi connectivity index (χ1) is 13.0. The highest BCUT2D eigenvalue weighted by molar-refractivity contribution is 7.99. The van der Waals surface area contributed by atoms with Crippen LogP contribution in [0.1, 0.15) is 22.5 Å². The van der Waals surface area contributed by atoms with Gasteiger partial charge >= 0.3 is 0 Å². The maximum Gasteiger partial charge on any atom is 0.233 e. The van der Waals surface area contributed by atoms with Gasteiger partial charge in [-0.1, -0.05) is 54.2 Å². The van der Waals surface area contributed by atoms with E-state index in [1.165, 1.54) is 29.5 Å². The van der Waals surface area contributed by atoms with E-state index in [1.54, 1.807) is 24.1 Å². The van der Waals surface area contributed by atoms with E-state index >= 15 is 0 Å². The van der Waals surface area contributed by atoms with Gasteiger partial charge in [0.1, 0.15) is 5.82 Å². The minimum Gasteiger partial charge on any atom is -0.341 e. The largest absolute Gasteiger partial charge is 0.341 e. The summed E-state index contributed by atoms with van der Waals surface area (Å²) in [6.07, 6.45) is 0.766. The van der Waals surface area contributed by atoms with Gasteiger partial charge in [-0.3, -0.25) is 4.79 Å². The van der Waals surface area contributed by atoms with Crippen LogP contribution in [0.2, 0.25) is 0 Å². The normalized spacial score (nSPS) is 10.8. The van der Waals surface area contributed by atoms with E-state index in [1.807, 2.05) is 25.1 Å². The van der Waals surface area contributed by atoms with Crippen LogP contribution in [0.15, 0.2) is 59.8 Å². The van der Waals surface area contributed by atoms with Gasteiger partial charge in [-0.15, -0.1) is 0 Å². The predicted octanol–water partition coefficient (Wildman–Crippen LogP) is 4.20. The van der Waals surface area contributed by atoms with Crippen LogP contribution in [0.3, 0.4) is 0 Å². The van der Waals surface area contributed by atoms with Crippen LogP contribution in [0, 0.1) is 12.7 Å². The zero-order valence-electron chi connectivity index (χ0n) is 15.4. The molecule has 0 fully saturated rings. The second-order valence-electron chi connectivity index (χ2n) is 6.44. The molecule has 1 amide bonds. The van der Waals surface area contributed by atoms with Crippen LogP contribution in [0.25, 0.3) is 0 Å². The average Bonchev–Trinajstić information content (AvgIpc) is 3.02. The Balaban J connectivity index is 1.54. The van der Waals surface area contributed by atoms with E-state index in [4.69, 9.17) is 0 Å². The van der Waals surface area contributed by atoms with Crippen molar-refractivity contribution in [3.8, 4) is 0 Å². The molecule has 0 atom stereocenters. The SMILES string of the molecule is Cc1[nH]c(SCC(=O)N(C)Cc2ccc(F)cc2)nc1Cc1ccccc1. The summed E-state index contributed by atoms with van der Waals surface area (Å²) in [5.41, 5.74) is 4.12. The third kappa shape index (κ3) is 5.44. The molecule has 4 nitrogen and oxygen atoms in total. The Morgan fingerprint density at radius 2 is 1.81 bits per heavy atom. The lowest BCUT2D eigenvalue weighted by Gasteiger charge is -2.16. The standard InChI is InChI=1S/C21H22FN3OS/c1-15-19(12-16-6-4-3-5-7-16)24-21(23-15)27-14-20(26)25(2)13-17-8-10-18(22)11-9-17/h3-11H,12-14H2,1-2H3,(H,23,24). The summed E-state index contributed by atoms with van der Waals surface area (Å²) in [4.78, 5) is 21.9. The van der Waals surface area contributed by atoms with Gasteiger partial charge in [-0.2, -0.15) is 0 Å². The number of nitrogens with zero attached hydrogens (tertiary/aromatic N) is 2. The number of aromatic nitrogens is 2. The fourth-order valence-corrected chi connectivity index (χ4v) is 3.57. The zero-order valence-corrected chi connectivity index (χ0v) is 16.2. The first-order valence-corrected chi connectivity index (χ1v) is 9.70. The minimum atomic E-state index is -0.275. The zero-order chi connectivity index (χ0) is 19.2. The van der Waals surface area contributed by atoms with Crippen LogP contribution in [0.4, 0.5) is 4.39 Å². The van der Waals surface area contributed by atoms with Gasteiger partial charge in [0.25, 0.3) is 0 Å². The fraction of sp³-hybridized carbons (Fsp3) is 0.238. The Labute approximate surface area is 162 Å². The third-order valence-electron chi connectivity index (χ3n) is 4.27. The van der Waals surface area contributed by atoms with Crippen LogP contribution in [-0.4, -0.2) is 33.6 Å². The van der Waals surface area contributed by atoms with Gasteiger partial charge in [0.05, 0.1) is 11.4 Å².